The molecule has 3 aromatic rings. The highest BCUT2D eigenvalue weighted by Gasteiger charge is 2.04. The first-order valence-corrected chi connectivity index (χ1v) is 6.04. The van der Waals surface area contributed by atoms with E-state index in [0.29, 0.717) is 17.9 Å². The number of pyridine rings is 1. The number of fused-ring (bicyclic) bond motifs is 1. The van der Waals surface area contributed by atoms with E-state index in [0.717, 1.165) is 10.9 Å². The van der Waals surface area contributed by atoms with Gasteiger partial charge in [-0.25, -0.2) is 9.37 Å². The molecule has 1 heterocycles. The summed E-state index contributed by atoms with van der Waals surface area (Å²) in [4.78, 5) is 4.09. The lowest BCUT2D eigenvalue weighted by atomic mass is 10.2. The quantitative estimate of drug-likeness (QED) is 0.705. The van der Waals surface area contributed by atoms with E-state index >= 15 is 0 Å². The molecule has 0 bridgehead atoms. The Labute approximate surface area is 110 Å². The Kier molecular flexibility index (Phi) is 3.11. The Morgan fingerprint density at radius 3 is 2.68 bits per heavy atom. The Hall–Kier alpha value is -2.42. The fourth-order valence-electron chi connectivity index (χ4n) is 1.96. The highest BCUT2D eigenvalue weighted by Crippen LogP contribution is 2.24. The van der Waals surface area contributed by atoms with Gasteiger partial charge in [0, 0.05) is 5.39 Å². The SMILES string of the molecule is Fc1cnc2c(OCc3ccccc3)cccc2c1. The zero-order valence-electron chi connectivity index (χ0n) is 10.2. The van der Waals surface area contributed by atoms with Crippen molar-refractivity contribution in [1.29, 1.82) is 0 Å². The molecule has 0 saturated carbocycles. The first kappa shape index (κ1) is 11.7. The summed E-state index contributed by atoms with van der Waals surface area (Å²) in [6.45, 7) is 0.471. The van der Waals surface area contributed by atoms with E-state index in [-0.39, 0.29) is 5.82 Å². The molecule has 0 unspecified atom stereocenters. The molecule has 0 radical (unpaired) electrons. The number of nitrogens with zero attached hydrogens (tertiary/aromatic N) is 1. The lowest BCUT2D eigenvalue weighted by Gasteiger charge is -2.08. The van der Waals surface area contributed by atoms with Gasteiger partial charge in [-0.05, 0) is 17.7 Å². The van der Waals surface area contributed by atoms with E-state index in [4.69, 9.17) is 4.74 Å². The van der Waals surface area contributed by atoms with Gasteiger partial charge in [-0.15, -0.1) is 0 Å². The number of rotatable bonds is 3. The van der Waals surface area contributed by atoms with Gasteiger partial charge in [0.05, 0.1) is 6.20 Å². The molecule has 2 nitrogen and oxygen atoms in total. The zero-order valence-corrected chi connectivity index (χ0v) is 10.2. The molecule has 2 aromatic carbocycles. The number of ether oxygens (including phenoxy) is 1. The maximum atomic E-state index is 13.1. The van der Waals surface area contributed by atoms with Crippen molar-refractivity contribution in [3.63, 3.8) is 0 Å². The van der Waals surface area contributed by atoms with E-state index in [1.807, 2.05) is 48.5 Å². The minimum atomic E-state index is -0.340. The van der Waals surface area contributed by atoms with Crippen molar-refractivity contribution in [2.75, 3.05) is 0 Å². The summed E-state index contributed by atoms with van der Waals surface area (Å²) in [5.41, 5.74) is 1.77. The van der Waals surface area contributed by atoms with Crippen molar-refractivity contribution in [2.45, 2.75) is 6.61 Å². The van der Waals surface area contributed by atoms with Gasteiger partial charge in [0.25, 0.3) is 0 Å². The van der Waals surface area contributed by atoms with Gasteiger partial charge in [0.15, 0.2) is 0 Å². The molecular weight excluding hydrogens is 241 g/mol. The van der Waals surface area contributed by atoms with Crippen LogP contribution in [0.15, 0.2) is 60.8 Å². The molecule has 0 N–H and O–H groups in total. The Morgan fingerprint density at radius 1 is 1.00 bits per heavy atom. The highest BCUT2D eigenvalue weighted by atomic mass is 19.1. The molecule has 0 amide bonds. The Balaban J connectivity index is 1.89. The highest BCUT2D eigenvalue weighted by molar-refractivity contribution is 5.84. The van der Waals surface area contributed by atoms with Crippen LogP contribution in [0.1, 0.15) is 5.56 Å². The molecule has 0 spiro atoms. The molecule has 0 aliphatic heterocycles. The predicted octanol–water partition coefficient (Wildman–Crippen LogP) is 3.95. The molecule has 0 aliphatic rings. The van der Waals surface area contributed by atoms with Gasteiger partial charge in [0.1, 0.15) is 23.7 Å². The maximum Gasteiger partial charge on any atom is 0.146 e. The summed E-state index contributed by atoms with van der Waals surface area (Å²) in [7, 11) is 0. The maximum absolute atomic E-state index is 13.1. The van der Waals surface area contributed by atoms with Gasteiger partial charge in [-0.1, -0.05) is 42.5 Å². The topological polar surface area (TPSA) is 22.1 Å². The first-order chi connectivity index (χ1) is 9.33. The molecule has 0 saturated heterocycles. The molecular formula is C16H12FNO. The third-order valence-electron chi connectivity index (χ3n) is 2.88. The fourth-order valence-corrected chi connectivity index (χ4v) is 1.96. The molecule has 3 heteroatoms. The number of hydrogen-bond donors (Lipinski definition) is 0. The standard InChI is InChI=1S/C16H12FNO/c17-14-9-13-7-4-8-15(16(13)18-10-14)19-11-12-5-2-1-3-6-12/h1-10H,11H2. The molecule has 94 valence electrons. The minimum absolute atomic E-state index is 0.340. The van der Waals surface area contributed by atoms with Crippen LogP contribution in [0.5, 0.6) is 5.75 Å². The molecule has 0 fully saturated rings. The normalized spacial score (nSPS) is 10.6. The van der Waals surface area contributed by atoms with E-state index in [2.05, 4.69) is 4.98 Å². The Morgan fingerprint density at radius 2 is 1.84 bits per heavy atom. The minimum Gasteiger partial charge on any atom is -0.487 e. The number of aromatic nitrogens is 1. The lowest BCUT2D eigenvalue weighted by molar-refractivity contribution is 0.309. The van der Waals surface area contributed by atoms with Crippen LogP contribution in [-0.2, 0) is 6.61 Å². The summed E-state index contributed by atoms with van der Waals surface area (Å²) in [6.07, 6.45) is 1.21. The molecule has 0 atom stereocenters. The largest absolute Gasteiger partial charge is 0.487 e. The smallest absolute Gasteiger partial charge is 0.146 e. The van der Waals surface area contributed by atoms with Gasteiger partial charge in [-0.3, -0.25) is 0 Å². The van der Waals surface area contributed by atoms with Crippen LogP contribution >= 0.6 is 0 Å². The summed E-state index contributed by atoms with van der Waals surface area (Å²) >= 11 is 0. The van der Waals surface area contributed by atoms with Crippen molar-refractivity contribution in [3.05, 3.63) is 72.2 Å². The summed E-state index contributed by atoms with van der Waals surface area (Å²) in [6, 6.07) is 16.9. The van der Waals surface area contributed by atoms with Crippen molar-refractivity contribution < 1.29 is 9.13 Å². The molecule has 19 heavy (non-hydrogen) atoms. The van der Waals surface area contributed by atoms with E-state index in [1.165, 1.54) is 12.3 Å². The van der Waals surface area contributed by atoms with Crippen LogP contribution < -0.4 is 4.74 Å². The lowest BCUT2D eigenvalue weighted by Crippen LogP contribution is -1.96. The number of halogens is 1. The molecule has 1 aromatic heterocycles. The average molecular weight is 253 g/mol. The van der Waals surface area contributed by atoms with Gasteiger partial charge >= 0.3 is 0 Å². The van der Waals surface area contributed by atoms with Gasteiger partial charge in [-0.2, -0.15) is 0 Å². The van der Waals surface area contributed by atoms with Gasteiger partial charge < -0.3 is 4.74 Å². The van der Waals surface area contributed by atoms with E-state index in [9.17, 15) is 4.39 Å². The Bertz CT molecular complexity index is 697. The molecule has 3 rings (SSSR count). The van der Waals surface area contributed by atoms with E-state index < -0.39 is 0 Å². The summed E-state index contributed by atoms with van der Waals surface area (Å²) in [5, 5.41) is 0.741. The number of para-hydroxylation sites is 1. The second kappa shape index (κ2) is 5.06. The van der Waals surface area contributed by atoms with Crippen LogP contribution in [0.25, 0.3) is 10.9 Å². The average Bonchev–Trinajstić information content (AvgIpc) is 2.45. The van der Waals surface area contributed by atoms with Crippen LogP contribution in [0.4, 0.5) is 4.39 Å². The second-order valence-electron chi connectivity index (χ2n) is 4.26. The third kappa shape index (κ3) is 2.55. The predicted molar refractivity (Wildman–Crippen MR) is 72.5 cm³/mol. The van der Waals surface area contributed by atoms with Crippen molar-refractivity contribution in [1.82, 2.24) is 4.98 Å². The van der Waals surface area contributed by atoms with Crippen LogP contribution in [0.3, 0.4) is 0 Å². The third-order valence-corrected chi connectivity index (χ3v) is 2.88. The van der Waals surface area contributed by atoms with Crippen molar-refractivity contribution >= 4 is 10.9 Å². The monoisotopic (exact) mass is 253 g/mol. The van der Waals surface area contributed by atoms with Crippen molar-refractivity contribution in [3.8, 4) is 5.75 Å². The number of hydrogen-bond acceptors (Lipinski definition) is 2. The van der Waals surface area contributed by atoms with E-state index in [1.54, 1.807) is 0 Å². The van der Waals surface area contributed by atoms with Crippen LogP contribution in [-0.4, -0.2) is 4.98 Å². The summed E-state index contributed by atoms with van der Waals surface area (Å²) in [5.74, 6) is 0.328. The second-order valence-corrected chi connectivity index (χ2v) is 4.26. The fraction of sp³-hybridized carbons (Fsp3) is 0.0625. The van der Waals surface area contributed by atoms with Crippen molar-refractivity contribution in [2.24, 2.45) is 0 Å². The zero-order chi connectivity index (χ0) is 13.1. The molecule has 0 aliphatic carbocycles. The summed E-state index contributed by atoms with van der Waals surface area (Å²) < 4.78 is 18.9. The first-order valence-electron chi connectivity index (χ1n) is 6.04. The number of benzene rings is 2. The van der Waals surface area contributed by atoms with Crippen LogP contribution in [0.2, 0.25) is 0 Å². The van der Waals surface area contributed by atoms with Gasteiger partial charge in [0.2, 0.25) is 0 Å². The van der Waals surface area contributed by atoms with Crippen LogP contribution in [0, 0.1) is 5.82 Å².